The largest absolute Gasteiger partial charge is 0.497 e. The molecule has 30 heavy (non-hydrogen) atoms. The molecule has 0 saturated carbocycles. The van der Waals surface area contributed by atoms with Crippen molar-refractivity contribution in [3.63, 3.8) is 0 Å². The molecule has 2 saturated heterocycles. The van der Waals surface area contributed by atoms with Crippen molar-refractivity contribution in [2.75, 3.05) is 53.4 Å². The fourth-order valence-corrected chi connectivity index (χ4v) is 4.42. The Morgan fingerprint density at radius 3 is 2.30 bits per heavy atom. The summed E-state index contributed by atoms with van der Waals surface area (Å²) in [5.41, 5.74) is 0.528. The van der Waals surface area contributed by atoms with Crippen LogP contribution in [0.25, 0.3) is 0 Å². The quantitative estimate of drug-likeness (QED) is 0.765. The van der Waals surface area contributed by atoms with E-state index in [1.54, 1.807) is 31.4 Å². The fourth-order valence-electron chi connectivity index (χ4n) is 4.42. The molecule has 2 heterocycles. The topological polar surface area (TPSA) is 65.1 Å². The van der Waals surface area contributed by atoms with Crippen molar-refractivity contribution in [2.24, 2.45) is 5.92 Å². The molecule has 166 valence electrons. The summed E-state index contributed by atoms with van der Waals surface area (Å²) in [7, 11) is 3.78. The van der Waals surface area contributed by atoms with Gasteiger partial charge in [0.15, 0.2) is 0 Å². The molecule has 2 atom stereocenters. The molecule has 2 fully saturated rings. The van der Waals surface area contributed by atoms with Gasteiger partial charge in [-0.25, -0.2) is 0 Å². The summed E-state index contributed by atoms with van der Waals surface area (Å²) in [5, 5.41) is 2.96. The minimum atomic E-state index is -0.521. The predicted molar refractivity (Wildman–Crippen MR) is 118 cm³/mol. The van der Waals surface area contributed by atoms with Gasteiger partial charge >= 0.3 is 0 Å². The van der Waals surface area contributed by atoms with E-state index in [0.29, 0.717) is 17.4 Å². The van der Waals surface area contributed by atoms with Crippen molar-refractivity contribution in [1.29, 1.82) is 0 Å². The van der Waals surface area contributed by atoms with E-state index in [1.165, 1.54) is 19.4 Å². The molecular weight excluding hydrogens is 380 g/mol. The molecule has 0 aromatic heterocycles. The number of nitrogens with zero attached hydrogens (tertiary/aromatic N) is 3. The highest BCUT2D eigenvalue weighted by atomic mass is 16.5. The Bertz CT molecular complexity index is 714. The minimum Gasteiger partial charge on any atom is -0.497 e. The molecule has 1 N–H and O–H groups in total. The van der Waals surface area contributed by atoms with E-state index >= 15 is 0 Å². The number of amides is 2. The predicted octanol–water partition coefficient (Wildman–Crippen LogP) is 1.69. The summed E-state index contributed by atoms with van der Waals surface area (Å²) in [6.45, 7) is 9.50. The first kappa shape index (κ1) is 22.6. The number of hydrogen-bond acceptors (Lipinski definition) is 5. The van der Waals surface area contributed by atoms with Gasteiger partial charge in [-0.3, -0.25) is 14.5 Å². The van der Waals surface area contributed by atoms with E-state index in [1.807, 2.05) is 18.7 Å². The van der Waals surface area contributed by atoms with Crippen molar-refractivity contribution >= 4 is 11.8 Å². The lowest BCUT2D eigenvalue weighted by Crippen LogP contribution is -2.59. The van der Waals surface area contributed by atoms with Gasteiger partial charge in [-0.1, -0.05) is 13.8 Å². The number of piperazine rings is 1. The van der Waals surface area contributed by atoms with Crippen molar-refractivity contribution in [3.8, 4) is 5.75 Å². The van der Waals surface area contributed by atoms with Crippen LogP contribution in [0.2, 0.25) is 0 Å². The van der Waals surface area contributed by atoms with Crippen LogP contribution in [-0.2, 0) is 4.79 Å². The summed E-state index contributed by atoms with van der Waals surface area (Å²) < 4.78 is 5.14. The normalized spacial score (nSPS) is 22.0. The maximum absolute atomic E-state index is 13.2. The van der Waals surface area contributed by atoms with Crippen LogP contribution < -0.4 is 10.1 Å². The molecule has 3 rings (SSSR count). The Morgan fingerprint density at radius 2 is 1.73 bits per heavy atom. The van der Waals surface area contributed by atoms with E-state index in [0.717, 1.165) is 32.7 Å². The van der Waals surface area contributed by atoms with Crippen LogP contribution in [0, 0.1) is 5.92 Å². The highest BCUT2D eigenvalue weighted by Gasteiger charge is 2.33. The maximum atomic E-state index is 13.2. The van der Waals surface area contributed by atoms with E-state index < -0.39 is 6.04 Å². The number of benzene rings is 1. The summed E-state index contributed by atoms with van der Waals surface area (Å²) in [6.07, 6.45) is 2.48. The van der Waals surface area contributed by atoms with Gasteiger partial charge in [0.05, 0.1) is 7.11 Å². The van der Waals surface area contributed by atoms with E-state index in [9.17, 15) is 9.59 Å². The van der Waals surface area contributed by atoms with E-state index in [4.69, 9.17) is 4.74 Å². The molecule has 0 radical (unpaired) electrons. The molecule has 2 aliphatic heterocycles. The zero-order valence-electron chi connectivity index (χ0n) is 18.8. The van der Waals surface area contributed by atoms with Crippen molar-refractivity contribution < 1.29 is 14.3 Å². The number of likely N-dealkylation sites (N-methyl/N-ethyl adjacent to an activating group) is 1. The standard InChI is InChI=1S/C23H36N4O3/c1-17(2)21(24-22(28)18-7-9-20(30-4)10-8-18)23(29)27-14-12-26(13-15-27)19-6-5-11-25(3)16-19/h7-10,17,19,21H,5-6,11-16H2,1-4H3,(H,24,28). The molecule has 2 aliphatic rings. The molecular formula is C23H36N4O3. The summed E-state index contributed by atoms with van der Waals surface area (Å²) in [4.78, 5) is 32.8. The molecule has 1 aromatic rings. The number of likely N-dealkylation sites (tertiary alicyclic amines) is 1. The monoisotopic (exact) mass is 416 g/mol. The lowest BCUT2D eigenvalue weighted by atomic mass is 10.0. The Morgan fingerprint density at radius 1 is 1.07 bits per heavy atom. The van der Waals surface area contributed by atoms with Crippen LogP contribution in [0.15, 0.2) is 24.3 Å². The first-order valence-electron chi connectivity index (χ1n) is 11.1. The number of nitrogens with one attached hydrogen (secondary N) is 1. The van der Waals surface area contributed by atoms with E-state index in [-0.39, 0.29) is 17.7 Å². The molecule has 2 amide bonds. The lowest BCUT2D eigenvalue weighted by molar-refractivity contribution is -0.136. The highest BCUT2D eigenvalue weighted by molar-refractivity contribution is 5.97. The third kappa shape index (κ3) is 5.52. The van der Waals surface area contributed by atoms with Crippen LogP contribution in [0.5, 0.6) is 5.75 Å². The zero-order valence-corrected chi connectivity index (χ0v) is 18.8. The van der Waals surface area contributed by atoms with Crippen LogP contribution >= 0.6 is 0 Å². The van der Waals surface area contributed by atoms with Gasteiger partial charge in [-0.15, -0.1) is 0 Å². The lowest BCUT2D eigenvalue weighted by Gasteiger charge is -2.43. The van der Waals surface area contributed by atoms with Crippen LogP contribution in [0.4, 0.5) is 0 Å². The second kappa shape index (κ2) is 10.3. The van der Waals surface area contributed by atoms with Gasteiger partial charge < -0.3 is 19.9 Å². The molecule has 0 aliphatic carbocycles. The number of carbonyl (C=O) groups excluding carboxylic acids is 2. The Kier molecular flexibility index (Phi) is 7.72. The molecule has 7 heteroatoms. The van der Waals surface area contributed by atoms with Gasteiger partial charge in [0, 0.05) is 44.3 Å². The number of rotatable bonds is 6. The van der Waals surface area contributed by atoms with Crippen molar-refractivity contribution in [2.45, 2.75) is 38.8 Å². The highest BCUT2D eigenvalue weighted by Crippen LogP contribution is 2.18. The first-order valence-corrected chi connectivity index (χ1v) is 11.1. The zero-order chi connectivity index (χ0) is 21.7. The Hall–Kier alpha value is -2.12. The Labute approximate surface area is 180 Å². The number of methoxy groups -OCH3 is 1. The number of carbonyl (C=O) groups is 2. The molecule has 2 unspecified atom stereocenters. The van der Waals surface area contributed by atoms with E-state index in [2.05, 4.69) is 22.2 Å². The summed E-state index contributed by atoms with van der Waals surface area (Å²) in [5.74, 6) is 0.510. The van der Waals surface area contributed by atoms with Crippen LogP contribution in [0.1, 0.15) is 37.0 Å². The van der Waals surface area contributed by atoms with Crippen molar-refractivity contribution in [3.05, 3.63) is 29.8 Å². The van der Waals surface area contributed by atoms with Crippen LogP contribution in [0.3, 0.4) is 0 Å². The summed E-state index contributed by atoms with van der Waals surface area (Å²) >= 11 is 0. The number of hydrogen-bond donors (Lipinski definition) is 1. The minimum absolute atomic E-state index is 0.0183. The van der Waals surface area contributed by atoms with Crippen LogP contribution in [-0.4, -0.2) is 92.0 Å². The first-order chi connectivity index (χ1) is 14.4. The van der Waals surface area contributed by atoms with Gasteiger partial charge in [0.25, 0.3) is 5.91 Å². The van der Waals surface area contributed by atoms with Gasteiger partial charge in [0.1, 0.15) is 11.8 Å². The van der Waals surface area contributed by atoms with Crippen molar-refractivity contribution in [1.82, 2.24) is 20.0 Å². The average molecular weight is 417 g/mol. The smallest absolute Gasteiger partial charge is 0.251 e. The molecule has 0 bridgehead atoms. The second-order valence-corrected chi connectivity index (χ2v) is 8.84. The summed E-state index contributed by atoms with van der Waals surface area (Å²) in [6, 6.07) is 7.02. The third-order valence-electron chi connectivity index (χ3n) is 6.31. The Balaban J connectivity index is 1.56. The SMILES string of the molecule is COc1ccc(C(=O)NC(C(=O)N2CCN(C3CCCN(C)C3)CC2)C(C)C)cc1. The van der Waals surface area contributed by atoms with Gasteiger partial charge in [-0.2, -0.15) is 0 Å². The molecule has 7 nitrogen and oxygen atoms in total. The fraction of sp³-hybridized carbons (Fsp3) is 0.652. The van der Waals surface area contributed by atoms with Gasteiger partial charge in [0.2, 0.25) is 5.91 Å². The number of piperidine rings is 1. The number of ether oxygens (including phenoxy) is 1. The van der Waals surface area contributed by atoms with Gasteiger partial charge in [-0.05, 0) is 56.6 Å². The maximum Gasteiger partial charge on any atom is 0.251 e. The second-order valence-electron chi connectivity index (χ2n) is 8.84. The average Bonchev–Trinajstić information content (AvgIpc) is 2.77. The third-order valence-corrected chi connectivity index (χ3v) is 6.31. The molecule has 1 aromatic carbocycles. The molecule has 0 spiro atoms.